The number of hydrogen-bond acceptors (Lipinski definition) is 3. The summed E-state index contributed by atoms with van der Waals surface area (Å²) in [6, 6.07) is 3.72. The molecule has 1 amide bonds. The van der Waals surface area contributed by atoms with E-state index in [9.17, 15) is 9.90 Å². The number of phenolic OH excluding ortho intramolecular Hbond substituents is 1. The van der Waals surface area contributed by atoms with Crippen molar-refractivity contribution in [2.75, 3.05) is 0 Å². The van der Waals surface area contributed by atoms with Gasteiger partial charge in [-0.3, -0.25) is 4.79 Å². The maximum Gasteiger partial charge on any atom is 0.255 e. The number of aromatic hydroxyl groups is 1. The van der Waals surface area contributed by atoms with Crippen molar-refractivity contribution in [2.24, 2.45) is 5.92 Å². The van der Waals surface area contributed by atoms with Crippen LogP contribution in [0.25, 0.3) is 0 Å². The molecule has 2 N–H and O–H groups in total. The lowest BCUT2D eigenvalue weighted by Crippen LogP contribution is -2.34. The number of ether oxygens (including phenoxy) is 1. The number of benzene rings is 1. The predicted molar refractivity (Wildman–Crippen MR) is 94.6 cm³/mol. The summed E-state index contributed by atoms with van der Waals surface area (Å²) in [6.45, 7) is 6.02. The number of rotatable bonds is 4. The molecule has 24 heavy (non-hydrogen) atoms. The van der Waals surface area contributed by atoms with Crippen molar-refractivity contribution in [2.45, 2.75) is 77.4 Å². The number of fused-ring (bicyclic) bond motifs is 1. The molecule has 3 rings (SSSR count). The molecule has 1 saturated carbocycles. The summed E-state index contributed by atoms with van der Waals surface area (Å²) in [5.41, 5.74) is 0.940. The van der Waals surface area contributed by atoms with Crippen LogP contribution >= 0.6 is 0 Å². The zero-order valence-corrected chi connectivity index (χ0v) is 15.0. The Morgan fingerprint density at radius 3 is 2.75 bits per heavy atom. The summed E-state index contributed by atoms with van der Waals surface area (Å²) in [6.07, 6.45) is 8.27. The maximum absolute atomic E-state index is 12.6. The van der Waals surface area contributed by atoms with Gasteiger partial charge in [-0.15, -0.1) is 0 Å². The monoisotopic (exact) mass is 331 g/mol. The third-order valence-corrected chi connectivity index (χ3v) is 5.24. The fraction of sp³-hybridized carbons (Fsp3) is 0.650. The standard InChI is InChI=1S/C20H29NO3/c1-13(11-14-7-5-4-6-8-14)21-19(23)16-10-9-15-12-20(2,3)24-18(15)17(16)22/h9-10,13-14,22H,4-8,11-12H2,1-3H3,(H,21,23)/t13-/m0/s1. The molecule has 4 nitrogen and oxygen atoms in total. The predicted octanol–water partition coefficient (Wildman–Crippen LogP) is 4.19. The first-order valence-corrected chi connectivity index (χ1v) is 9.20. The Hall–Kier alpha value is -1.71. The van der Waals surface area contributed by atoms with E-state index in [-0.39, 0.29) is 23.3 Å². The molecule has 1 aromatic carbocycles. The number of phenols is 1. The quantitative estimate of drug-likeness (QED) is 0.869. The van der Waals surface area contributed by atoms with Gasteiger partial charge in [-0.1, -0.05) is 38.2 Å². The summed E-state index contributed by atoms with van der Waals surface area (Å²) < 4.78 is 5.81. The van der Waals surface area contributed by atoms with E-state index < -0.39 is 0 Å². The molecule has 0 bridgehead atoms. The van der Waals surface area contributed by atoms with Crippen molar-refractivity contribution >= 4 is 5.91 Å². The molecule has 132 valence electrons. The highest BCUT2D eigenvalue weighted by molar-refractivity contribution is 5.98. The van der Waals surface area contributed by atoms with Crippen molar-refractivity contribution < 1.29 is 14.6 Å². The molecular weight excluding hydrogens is 302 g/mol. The van der Waals surface area contributed by atoms with Gasteiger partial charge in [0, 0.05) is 18.0 Å². The lowest BCUT2D eigenvalue weighted by Gasteiger charge is -2.25. The number of carbonyl (C=O) groups is 1. The average Bonchev–Trinajstić information content (AvgIpc) is 2.83. The lowest BCUT2D eigenvalue weighted by molar-refractivity contribution is 0.0927. The van der Waals surface area contributed by atoms with Gasteiger partial charge >= 0.3 is 0 Å². The van der Waals surface area contributed by atoms with E-state index in [1.165, 1.54) is 32.1 Å². The van der Waals surface area contributed by atoms with Gasteiger partial charge in [0.1, 0.15) is 5.60 Å². The molecule has 1 atom stereocenters. The second-order valence-corrected chi connectivity index (χ2v) is 8.10. The zero-order chi connectivity index (χ0) is 17.3. The van der Waals surface area contributed by atoms with E-state index in [4.69, 9.17) is 4.74 Å². The molecule has 0 aromatic heterocycles. The Bertz CT molecular complexity index is 618. The molecule has 2 aliphatic rings. The van der Waals surface area contributed by atoms with Crippen LogP contribution in [-0.4, -0.2) is 22.7 Å². The molecule has 0 spiro atoms. The molecular formula is C20H29NO3. The highest BCUT2D eigenvalue weighted by atomic mass is 16.5. The van der Waals surface area contributed by atoms with Crippen LogP contribution in [0.5, 0.6) is 11.5 Å². The van der Waals surface area contributed by atoms with Crippen molar-refractivity contribution in [1.29, 1.82) is 0 Å². The minimum Gasteiger partial charge on any atom is -0.504 e. The summed E-state index contributed by atoms with van der Waals surface area (Å²) in [4.78, 5) is 12.6. The molecule has 0 saturated heterocycles. The minimum absolute atomic E-state index is 0.0274. The fourth-order valence-electron chi connectivity index (χ4n) is 4.10. The van der Waals surface area contributed by atoms with E-state index in [0.29, 0.717) is 17.2 Å². The Morgan fingerprint density at radius 2 is 2.04 bits per heavy atom. The van der Waals surface area contributed by atoms with Gasteiger partial charge in [0.25, 0.3) is 5.91 Å². The van der Waals surface area contributed by atoms with Gasteiger partial charge in [-0.25, -0.2) is 0 Å². The Kier molecular flexibility index (Phi) is 4.75. The first-order valence-electron chi connectivity index (χ1n) is 9.20. The summed E-state index contributed by atoms with van der Waals surface area (Å²) in [5, 5.41) is 13.5. The lowest BCUT2D eigenvalue weighted by atomic mass is 9.85. The van der Waals surface area contributed by atoms with Crippen LogP contribution in [0.4, 0.5) is 0 Å². The number of nitrogens with one attached hydrogen (secondary N) is 1. The molecule has 1 aliphatic carbocycles. The SMILES string of the molecule is C[C@@H](CC1CCCCC1)NC(=O)c1ccc2c(c1O)OC(C)(C)C2. The third-order valence-electron chi connectivity index (χ3n) is 5.24. The molecule has 1 aliphatic heterocycles. The van der Waals surface area contributed by atoms with E-state index in [0.717, 1.165) is 18.4 Å². The van der Waals surface area contributed by atoms with E-state index in [1.807, 2.05) is 19.9 Å². The van der Waals surface area contributed by atoms with Crippen molar-refractivity contribution in [1.82, 2.24) is 5.32 Å². The zero-order valence-electron chi connectivity index (χ0n) is 15.0. The van der Waals surface area contributed by atoms with Crippen LogP contribution < -0.4 is 10.1 Å². The Morgan fingerprint density at radius 1 is 1.33 bits per heavy atom. The highest BCUT2D eigenvalue weighted by Crippen LogP contribution is 2.43. The average molecular weight is 331 g/mol. The Labute approximate surface area is 144 Å². The smallest absolute Gasteiger partial charge is 0.255 e. The van der Waals surface area contributed by atoms with E-state index in [2.05, 4.69) is 12.2 Å². The summed E-state index contributed by atoms with van der Waals surface area (Å²) in [7, 11) is 0. The first kappa shape index (κ1) is 17.1. The van der Waals surface area contributed by atoms with Gasteiger partial charge in [0.15, 0.2) is 11.5 Å². The normalized spacial score (nSPS) is 21.0. The second kappa shape index (κ2) is 6.66. The van der Waals surface area contributed by atoms with E-state index >= 15 is 0 Å². The van der Waals surface area contributed by atoms with Crippen molar-refractivity contribution in [3.8, 4) is 11.5 Å². The highest BCUT2D eigenvalue weighted by Gasteiger charge is 2.34. The second-order valence-electron chi connectivity index (χ2n) is 8.10. The molecule has 0 unspecified atom stereocenters. The molecule has 1 aromatic rings. The number of carbonyl (C=O) groups excluding carboxylic acids is 1. The van der Waals surface area contributed by atoms with Gasteiger partial charge < -0.3 is 15.2 Å². The topological polar surface area (TPSA) is 58.6 Å². The van der Waals surface area contributed by atoms with Crippen LogP contribution in [-0.2, 0) is 6.42 Å². The largest absolute Gasteiger partial charge is 0.504 e. The molecule has 1 heterocycles. The number of hydrogen-bond donors (Lipinski definition) is 2. The summed E-state index contributed by atoms with van der Waals surface area (Å²) in [5.74, 6) is 0.937. The van der Waals surface area contributed by atoms with Crippen LogP contribution in [0.2, 0.25) is 0 Å². The van der Waals surface area contributed by atoms with Gasteiger partial charge in [0.05, 0.1) is 5.56 Å². The van der Waals surface area contributed by atoms with Crippen LogP contribution in [0.1, 0.15) is 75.2 Å². The first-order chi connectivity index (χ1) is 11.4. The van der Waals surface area contributed by atoms with Crippen LogP contribution in [0, 0.1) is 5.92 Å². The molecule has 0 radical (unpaired) electrons. The summed E-state index contributed by atoms with van der Waals surface area (Å²) >= 11 is 0. The van der Waals surface area contributed by atoms with Crippen molar-refractivity contribution in [3.05, 3.63) is 23.3 Å². The number of amides is 1. The van der Waals surface area contributed by atoms with Gasteiger partial charge in [-0.2, -0.15) is 0 Å². The fourth-order valence-corrected chi connectivity index (χ4v) is 4.10. The van der Waals surface area contributed by atoms with E-state index in [1.54, 1.807) is 6.07 Å². The maximum atomic E-state index is 12.6. The van der Waals surface area contributed by atoms with Gasteiger partial charge in [0.2, 0.25) is 0 Å². The van der Waals surface area contributed by atoms with Gasteiger partial charge in [-0.05, 0) is 39.2 Å². The minimum atomic E-state index is -0.330. The third kappa shape index (κ3) is 3.68. The Balaban J connectivity index is 1.65. The van der Waals surface area contributed by atoms with Crippen LogP contribution in [0.3, 0.4) is 0 Å². The molecule has 1 fully saturated rings. The van der Waals surface area contributed by atoms with Crippen molar-refractivity contribution in [3.63, 3.8) is 0 Å². The van der Waals surface area contributed by atoms with Crippen LogP contribution in [0.15, 0.2) is 12.1 Å². The molecule has 4 heteroatoms.